The van der Waals surface area contributed by atoms with E-state index in [-0.39, 0.29) is 5.91 Å². The van der Waals surface area contributed by atoms with E-state index in [4.69, 9.17) is 4.98 Å². The molecule has 9 heteroatoms. The van der Waals surface area contributed by atoms with Crippen molar-refractivity contribution in [3.63, 3.8) is 0 Å². The number of nitrogens with one attached hydrogen (secondary N) is 1. The first-order valence-electron chi connectivity index (χ1n) is 12.6. The van der Waals surface area contributed by atoms with Crippen LogP contribution in [-0.2, 0) is 0 Å². The molecule has 0 unspecified atom stereocenters. The summed E-state index contributed by atoms with van der Waals surface area (Å²) in [5, 5.41) is 5.20. The molecule has 1 aliphatic heterocycles. The van der Waals surface area contributed by atoms with Gasteiger partial charge in [-0.3, -0.25) is 4.79 Å². The van der Waals surface area contributed by atoms with Crippen LogP contribution in [0.4, 0.5) is 11.8 Å². The zero-order valence-corrected chi connectivity index (χ0v) is 22.2. The number of carbonyl (C=O) groups is 1. The quantitative estimate of drug-likeness (QED) is 0.427. The number of halogens is 1. The molecule has 1 aliphatic carbocycles. The summed E-state index contributed by atoms with van der Waals surface area (Å²) in [6.07, 6.45) is 10.6. The number of pyridine rings is 1. The molecule has 5 rings (SSSR count). The van der Waals surface area contributed by atoms with Gasteiger partial charge in [0.2, 0.25) is 5.95 Å². The van der Waals surface area contributed by atoms with Crippen LogP contribution < -0.4 is 5.32 Å². The second-order valence-electron chi connectivity index (χ2n) is 9.92. The van der Waals surface area contributed by atoms with Crippen molar-refractivity contribution in [3.8, 4) is 0 Å². The number of alkyl halides is 1. The maximum atomic E-state index is 12.9. The average Bonchev–Trinajstić information content (AvgIpc) is 3.52. The number of hydrogen-bond donors (Lipinski definition) is 1. The number of likely N-dealkylation sites (tertiary alicyclic amines) is 1. The van der Waals surface area contributed by atoms with Gasteiger partial charge in [0.15, 0.2) is 0 Å². The van der Waals surface area contributed by atoms with Crippen molar-refractivity contribution >= 4 is 44.6 Å². The Morgan fingerprint density at radius 3 is 2.54 bits per heavy atom. The minimum atomic E-state index is -0.000285. The lowest BCUT2D eigenvalue weighted by Gasteiger charge is -2.31. The second kappa shape index (κ2) is 10.6. The SMILES string of the molecule is CN(C)C(=O)c1cc2cnc(Nc3ccc(C4CCN(CCBr)CC4)cn3)nc2n1C1CCCC1. The molecule has 0 radical (unpaired) electrons. The zero-order valence-electron chi connectivity index (χ0n) is 20.6. The Kier molecular flexibility index (Phi) is 7.34. The van der Waals surface area contributed by atoms with E-state index < -0.39 is 0 Å². The molecule has 2 fully saturated rings. The molecule has 1 amide bonds. The number of carbonyl (C=O) groups excluding carboxylic acids is 1. The van der Waals surface area contributed by atoms with Crippen LogP contribution in [0.3, 0.4) is 0 Å². The molecule has 4 heterocycles. The minimum Gasteiger partial charge on any atom is -0.343 e. The highest BCUT2D eigenvalue weighted by molar-refractivity contribution is 9.09. The third-order valence-corrected chi connectivity index (χ3v) is 7.73. The van der Waals surface area contributed by atoms with Gasteiger partial charge in [0.1, 0.15) is 17.2 Å². The van der Waals surface area contributed by atoms with E-state index in [1.54, 1.807) is 25.2 Å². The van der Waals surface area contributed by atoms with Crippen molar-refractivity contribution in [1.82, 2.24) is 29.3 Å². The molecular weight excluding hydrogens is 506 g/mol. The lowest BCUT2D eigenvalue weighted by molar-refractivity contribution is 0.0815. The molecule has 0 atom stereocenters. The third-order valence-electron chi connectivity index (χ3n) is 7.38. The molecule has 1 N–H and O–H groups in total. The number of fused-ring (bicyclic) bond motifs is 1. The van der Waals surface area contributed by atoms with Crippen molar-refractivity contribution in [2.75, 3.05) is 44.4 Å². The third kappa shape index (κ3) is 5.21. The molecule has 3 aromatic rings. The molecular formula is C26H34BrN7O. The van der Waals surface area contributed by atoms with E-state index in [2.05, 4.69) is 46.7 Å². The van der Waals surface area contributed by atoms with E-state index in [0.29, 0.717) is 23.6 Å². The summed E-state index contributed by atoms with van der Waals surface area (Å²) in [6, 6.07) is 6.42. The standard InChI is InChI=1S/C26H34BrN7O/c1-32(2)25(35)22-15-20-17-29-26(31-24(20)34(22)21-5-3-4-6-21)30-23-8-7-19(16-28-23)18-9-12-33(13-10-18)14-11-27/h7-8,15-18,21H,3-6,9-14H2,1-2H3,(H,28,29,30,31). The Labute approximate surface area is 215 Å². The molecule has 0 aromatic carbocycles. The lowest BCUT2D eigenvalue weighted by Crippen LogP contribution is -2.34. The average molecular weight is 541 g/mol. The summed E-state index contributed by atoms with van der Waals surface area (Å²) in [5.74, 6) is 1.80. The smallest absolute Gasteiger partial charge is 0.270 e. The fraction of sp³-hybridized carbons (Fsp3) is 0.538. The summed E-state index contributed by atoms with van der Waals surface area (Å²) in [4.78, 5) is 31.1. The van der Waals surface area contributed by atoms with Gasteiger partial charge < -0.3 is 19.7 Å². The fourth-order valence-electron chi connectivity index (χ4n) is 5.44. The highest BCUT2D eigenvalue weighted by Crippen LogP contribution is 2.35. The van der Waals surface area contributed by atoms with Gasteiger partial charge in [0.25, 0.3) is 5.91 Å². The summed E-state index contributed by atoms with van der Waals surface area (Å²) in [7, 11) is 3.58. The molecule has 8 nitrogen and oxygen atoms in total. The topological polar surface area (TPSA) is 79.2 Å². The molecule has 1 saturated heterocycles. The van der Waals surface area contributed by atoms with Crippen LogP contribution in [-0.4, -0.2) is 74.3 Å². The summed E-state index contributed by atoms with van der Waals surface area (Å²) in [5.41, 5.74) is 2.80. The monoisotopic (exact) mass is 539 g/mol. The van der Waals surface area contributed by atoms with Crippen LogP contribution in [0.5, 0.6) is 0 Å². The van der Waals surface area contributed by atoms with Crippen LogP contribution in [0, 0.1) is 0 Å². The Morgan fingerprint density at radius 2 is 1.89 bits per heavy atom. The number of piperidine rings is 1. The Hall–Kier alpha value is -2.52. The van der Waals surface area contributed by atoms with E-state index >= 15 is 0 Å². The van der Waals surface area contributed by atoms with Crippen molar-refractivity contribution < 1.29 is 4.79 Å². The molecule has 3 aromatic heterocycles. The number of hydrogen-bond acceptors (Lipinski definition) is 6. The van der Waals surface area contributed by atoms with Gasteiger partial charge in [0, 0.05) is 49.8 Å². The molecule has 1 saturated carbocycles. The Balaban J connectivity index is 1.35. The number of anilines is 2. The summed E-state index contributed by atoms with van der Waals surface area (Å²) < 4.78 is 2.13. The molecule has 0 bridgehead atoms. The van der Waals surface area contributed by atoms with E-state index in [1.807, 2.05) is 18.3 Å². The predicted molar refractivity (Wildman–Crippen MR) is 143 cm³/mol. The van der Waals surface area contributed by atoms with Gasteiger partial charge in [-0.15, -0.1) is 0 Å². The van der Waals surface area contributed by atoms with Crippen molar-refractivity contribution in [3.05, 3.63) is 41.9 Å². The fourth-order valence-corrected chi connectivity index (χ4v) is 5.94. The second-order valence-corrected chi connectivity index (χ2v) is 10.7. The molecule has 0 spiro atoms. The van der Waals surface area contributed by atoms with E-state index in [9.17, 15) is 4.79 Å². The van der Waals surface area contributed by atoms with Gasteiger partial charge >= 0.3 is 0 Å². The first kappa shape index (κ1) is 24.2. The van der Waals surface area contributed by atoms with Crippen LogP contribution in [0.25, 0.3) is 11.0 Å². The number of amides is 1. The first-order valence-corrected chi connectivity index (χ1v) is 13.8. The van der Waals surface area contributed by atoms with Crippen molar-refractivity contribution in [2.45, 2.75) is 50.5 Å². The van der Waals surface area contributed by atoms with Gasteiger partial charge in [-0.1, -0.05) is 34.8 Å². The first-order chi connectivity index (χ1) is 17.0. The summed E-state index contributed by atoms with van der Waals surface area (Å²) in [6.45, 7) is 3.40. The van der Waals surface area contributed by atoms with Gasteiger partial charge in [-0.25, -0.2) is 9.97 Å². The number of nitrogens with zero attached hydrogens (tertiary/aromatic N) is 6. The molecule has 2 aliphatic rings. The minimum absolute atomic E-state index is 0.000285. The molecule has 35 heavy (non-hydrogen) atoms. The number of aromatic nitrogens is 4. The van der Waals surface area contributed by atoms with E-state index in [1.165, 1.54) is 31.2 Å². The van der Waals surface area contributed by atoms with Crippen LogP contribution in [0.1, 0.15) is 66.5 Å². The zero-order chi connectivity index (χ0) is 24.4. The van der Waals surface area contributed by atoms with Crippen LogP contribution >= 0.6 is 15.9 Å². The van der Waals surface area contributed by atoms with Gasteiger partial charge in [0.05, 0.1) is 0 Å². The normalized spacial score (nSPS) is 17.8. The number of rotatable bonds is 7. The largest absolute Gasteiger partial charge is 0.343 e. The highest BCUT2D eigenvalue weighted by atomic mass is 79.9. The van der Waals surface area contributed by atoms with Crippen LogP contribution in [0.2, 0.25) is 0 Å². The van der Waals surface area contributed by atoms with Crippen LogP contribution in [0.15, 0.2) is 30.6 Å². The van der Waals surface area contributed by atoms with E-state index in [0.717, 1.165) is 54.7 Å². The van der Waals surface area contributed by atoms with Gasteiger partial charge in [-0.2, -0.15) is 4.98 Å². The maximum Gasteiger partial charge on any atom is 0.270 e. The Bertz CT molecular complexity index is 1160. The Morgan fingerprint density at radius 1 is 1.11 bits per heavy atom. The highest BCUT2D eigenvalue weighted by Gasteiger charge is 2.26. The lowest BCUT2D eigenvalue weighted by atomic mass is 9.90. The van der Waals surface area contributed by atoms with Crippen molar-refractivity contribution in [1.29, 1.82) is 0 Å². The molecule has 186 valence electrons. The van der Waals surface area contributed by atoms with Crippen molar-refractivity contribution in [2.24, 2.45) is 0 Å². The van der Waals surface area contributed by atoms with Gasteiger partial charge in [-0.05, 0) is 62.4 Å². The maximum absolute atomic E-state index is 12.9. The summed E-state index contributed by atoms with van der Waals surface area (Å²) >= 11 is 3.54. The predicted octanol–water partition coefficient (Wildman–Crippen LogP) is 4.96.